The lowest BCUT2D eigenvalue weighted by atomic mass is 10.1. The van der Waals surface area contributed by atoms with Crippen molar-refractivity contribution in [1.82, 2.24) is 10.3 Å². The third-order valence-corrected chi connectivity index (χ3v) is 2.98. The summed E-state index contributed by atoms with van der Waals surface area (Å²) in [5.74, 6) is 0. The van der Waals surface area contributed by atoms with Gasteiger partial charge in [0.05, 0.1) is 12.1 Å². The Hall–Kier alpha value is -1.45. The van der Waals surface area contributed by atoms with Crippen LogP contribution >= 0.6 is 0 Å². The molecule has 2 N–H and O–H groups in total. The number of fused-ring (bicyclic) bond motifs is 1. The first-order valence-electron chi connectivity index (χ1n) is 6.01. The van der Waals surface area contributed by atoms with Crippen LogP contribution in [0.25, 0.3) is 10.9 Å². The average Bonchev–Trinajstić information content (AvgIpc) is 2.40. The zero-order valence-electron chi connectivity index (χ0n) is 10.1. The number of nitrogens with one attached hydrogen (secondary N) is 1. The van der Waals surface area contributed by atoms with Crippen LogP contribution in [-0.4, -0.2) is 22.7 Å². The second-order valence-electron chi connectivity index (χ2n) is 4.20. The molecular weight excluding hydrogens is 212 g/mol. The first kappa shape index (κ1) is 12.0. The predicted octanol–water partition coefficient (Wildman–Crippen LogP) is 2.10. The van der Waals surface area contributed by atoms with E-state index < -0.39 is 0 Å². The Bertz CT molecular complexity index is 480. The third-order valence-electron chi connectivity index (χ3n) is 2.98. The molecule has 1 aromatic carbocycles. The van der Waals surface area contributed by atoms with Gasteiger partial charge < -0.3 is 10.4 Å². The Labute approximate surface area is 102 Å². The van der Waals surface area contributed by atoms with Crippen molar-refractivity contribution >= 4 is 10.9 Å². The number of nitrogens with zero attached hydrogens (tertiary/aromatic N) is 1. The summed E-state index contributed by atoms with van der Waals surface area (Å²) in [5.41, 5.74) is 2.24. The molecule has 3 heteroatoms. The molecule has 1 atom stereocenters. The Kier molecular flexibility index (Phi) is 4.07. The Morgan fingerprint density at radius 1 is 1.35 bits per heavy atom. The molecule has 17 heavy (non-hydrogen) atoms. The van der Waals surface area contributed by atoms with Gasteiger partial charge in [-0.3, -0.25) is 4.98 Å². The molecule has 2 rings (SSSR count). The van der Waals surface area contributed by atoms with Crippen LogP contribution < -0.4 is 5.32 Å². The molecule has 0 aliphatic heterocycles. The Morgan fingerprint density at radius 3 is 3.00 bits per heavy atom. The van der Waals surface area contributed by atoms with E-state index in [1.54, 1.807) is 6.20 Å². The maximum Gasteiger partial charge on any atom is 0.0702 e. The van der Waals surface area contributed by atoms with Crippen molar-refractivity contribution in [1.29, 1.82) is 0 Å². The van der Waals surface area contributed by atoms with E-state index in [1.165, 1.54) is 5.56 Å². The van der Waals surface area contributed by atoms with Gasteiger partial charge in [-0.05, 0) is 30.2 Å². The third kappa shape index (κ3) is 3.02. The van der Waals surface area contributed by atoms with Crippen molar-refractivity contribution in [2.24, 2.45) is 0 Å². The van der Waals surface area contributed by atoms with Crippen LogP contribution in [0.5, 0.6) is 0 Å². The van der Waals surface area contributed by atoms with Gasteiger partial charge in [0, 0.05) is 24.2 Å². The largest absolute Gasteiger partial charge is 0.395 e. The van der Waals surface area contributed by atoms with E-state index in [9.17, 15) is 0 Å². The van der Waals surface area contributed by atoms with E-state index in [0.29, 0.717) is 0 Å². The monoisotopic (exact) mass is 230 g/mol. The van der Waals surface area contributed by atoms with Gasteiger partial charge in [-0.25, -0.2) is 0 Å². The molecule has 0 unspecified atom stereocenters. The lowest BCUT2D eigenvalue weighted by molar-refractivity contribution is 0.238. The van der Waals surface area contributed by atoms with Gasteiger partial charge in [-0.2, -0.15) is 0 Å². The molecule has 3 nitrogen and oxygen atoms in total. The fourth-order valence-electron chi connectivity index (χ4n) is 1.84. The van der Waals surface area contributed by atoms with Gasteiger partial charge in [-0.1, -0.05) is 19.1 Å². The maximum absolute atomic E-state index is 9.10. The van der Waals surface area contributed by atoms with E-state index in [4.69, 9.17) is 5.11 Å². The van der Waals surface area contributed by atoms with Gasteiger partial charge in [0.2, 0.25) is 0 Å². The summed E-state index contributed by atoms with van der Waals surface area (Å²) in [7, 11) is 0. The normalized spacial score (nSPS) is 12.8. The molecule has 0 saturated heterocycles. The van der Waals surface area contributed by atoms with Gasteiger partial charge >= 0.3 is 0 Å². The number of aromatic nitrogens is 1. The van der Waals surface area contributed by atoms with E-state index in [2.05, 4.69) is 35.4 Å². The number of rotatable bonds is 5. The molecule has 0 fully saturated rings. The summed E-state index contributed by atoms with van der Waals surface area (Å²) >= 11 is 0. The summed E-state index contributed by atoms with van der Waals surface area (Å²) in [6, 6.07) is 10.4. The second-order valence-corrected chi connectivity index (χ2v) is 4.20. The number of pyridine rings is 1. The molecule has 0 aliphatic rings. The highest BCUT2D eigenvalue weighted by atomic mass is 16.3. The minimum absolute atomic E-state index is 0.180. The van der Waals surface area contributed by atoms with E-state index >= 15 is 0 Å². The summed E-state index contributed by atoms with van der Waals surface area (Å²) in [6.07, 6.45) is 2.74. The van der Waals surface area contributed by atoms with Gasteiger partial charge in [0.15, 0.2) is 0 Å². The number of hydrogen-bond donors (Lipinski definition) is 2. The maximum atomic E-state index is 9.10. The van der Waals surface area contributed by atoms with Crippen molar-refractivity contribution in [2.45, 2.75) is 25.9 Å². The molecule has 90 valence electrons. The smallest absolute Gasteiger partial charge is 0.0702 e. The van der Waals surface area contributed by atoms with Crippen molar-refractivity contribution < 1.29 is 5.11 Å². The molecule has 0 bridgehead atoms. The van der Waals surface area contributed by atoms with Crippen LogP contribution in [0, 0.1) is 0 Å². The first-order chi connectivity index (χ1) is 8.33. The van der Waals surface area contributed by atoms with Crippen LogP contribution in [0.3, 0.4) is 0 Å². The summed E-state index contributed by atoms with van der Waals surface area (Å²) < 4.78 is 0. The van der Waals surface area contributed by atoms with E-state index in [1.807, 2.05) is 12.1 Å². The first-order valence-corrected chi connectivity index (χ1v) is 6.01. The van der Waals surface area contributed by atoms with Gasteiger partial charge in [-0.15, -0.1) is 0 Å². The standard InChI is InChI=1S/C14H18N2O/c1-2-13(10-17)16-9-11-5-6-14-12(8-11)4-3-7-15-14/h3-8,13,16-17H,2,9-10H2,1H3/t13-/m1/s1. The summed E-state index contributed by atoms with van der Waals surface area (Å²) in [6.45, 7) is 3.04. The Morgan fingerprint density at radius 2 is 2.24 bits per heavy atom. The van der Waals surface area contributed by atoms with Gasteiger partial charge in [0.1, 0.15) is 0 Å². The van der Waals surface area contributed by atoms with Crippen molar-refractivity contribution in [3.05, 3.63) is 42.1 Å². The lowest BCUT2D eigenvalue weighted by Crippen LogP contribution is -2.31. The number of benzene rings is 1. The van der Waals surface area contributed by atoms with Crippen LogP contribution in [0.4, 0.5) is 0 Å². The van der Waals surface area contributed by atoms with Crippen molar-refractivity contribution in [3.63, 3.8) is 0 Å². The van der Waals surface area contributed by atoms with Gasteiger partial charge in [0.25, 0.3) is 0 Å². The fourth-order valence-corrected chi connectivity index (χ4v) is 1.84. The number of aliphatic hydroxyl groups excluding tert-OH is 1. The highest BCUT2D eigenvalue weighted by Crippen LogP contribution is 2.13. The van der Waals surface area contributed by atoms with Crippen LogP contribution in [-0.2, 0) is 6.54 Å². The summed E-state index contributed by atoms with van der Waals surface area (Å²) in [4.78, 5) is 4.29. The molecule has 1 heterocycles. The second kappa shape index (κ2) is 5.75. The SMILES string of the molecule is CC[C@H](CO)NCc1ccc2ncccc2c1. The molecular formula is C14H18N2O. The number of hydrogen-bond acceptors (Lipinski definition) is 3. The molecule has 2 aromatic rings. The molecule has 0 radical (unpaired) electrons. The zero-order valence-corrected chi connectivity index (χ0v) is 10.1. The van der Waals surface area contributed by atoms with E-state index in [-0.39, 0.29) is 12.6 Å². The van der Waals surface area contributed by atoms with E-state index in [0.717, 1.165) is 23.9 Å². The zero-order chi connectivity index (χ0) is 12.1. The molecule has 0 spiro atoms. The van der Waals surface area contributed by atoms with Crippen LogP contribution in [0.15, 0.2) is 36.5 Å². The molecule has 0 saturated carbocycles. The van der Waals surface area contributed by atoms with Crippen molar-refractivity contribution in [3.8, 4) is 0 Å². The topological polar surface area (TPSA) is 45.1 Å². The highest BCUT2D eigenvalue weighted by Gasteiger charge is 2.03. The van der Waals surface area contributed by atoms with Crippen molar-refractivity contribution in [2.75, 3.05) is 6.61 Å². The summed E-state index contributed by atoms with van der Waals surface area (Å²) in [5, 5.41) is 13.6. The number of aliphatic hydroxyl groups is 1. The lowest BCUT2D eigenvalue weighted by Gasteiger charge is -2.14. The highest BCUT2D eigenvalue weighted by molar-refractivity contribution is 5.78. The van der Waals surface area contributed by atoms with Crippen LogP contribution in [0.2, 0.25) is 0 Å². The molecule has 1 aromatic heterocycles. The average molecular weight is 230 g/mol. The molecule has 0 aliphatic carbocycles. The predicted molar refractivity (Wildman–Crippen MR) is 69.7 cm³/mol. The minimum Gasteiger partial charge on any atom is -0.395 e. The fraction of sp³-hybridized carbons (Fsp3) is 0.357. The minimum atomic E-state index is 0.180. The quantitative estimate of drug-likeness (QED) is 0.826. The molecule has 0 amide bonds. The Balaban J connectivity index is 2.09. The van der Waals surface area contributed by atoms with Crippen LogP contribution in [0.1, 0.15) is 18.9 Å².